The fraction of sp³-hybridized carbons (Fsp3) is 0.133. The van der Waals surface area contributed by atoms with Crippen molar-refractivity contribution in [2.45, 2.75) is 27.7 Å². The molecule has 0 aliphatic rings. The molecule has 0 unspecified atom stereocenters. The zero-order valence-corrected chi connectivity index (χ0v) is 19.6. The van der Waals surface area contributed by atoms with E-state index in [-0.39, 0.29) is 0 Å². The van der Waals surface area contributed by atoms with Gasteiger partial charge in [-0.1, -0.05) is 103 Å². The highest BCUT2D eigenvalue weighted by atomic mass is 14.7. The molecule has 0 atom stereocenters. The number of fused-ring (bicyclic) bond motifs is 6. The Hall–Kier alpha value is -3.78. The van der Waals surface area contributed by atoms with Gasteiger partial charge in [0.15, 0.2) is 0 Å². The molecule has 0 aliphatic heterocycles. The molecule has 0 bridgehead atoms. The minimum absolute atomic E-state index is 1.08. The van der Waals surface area contributed by atoms with E-state index in [1.807, 2.05) is 52.0 Å². The Labute approximate surface area is 190 Å². The standard InChI is InChI=1S/C26H20N2.2C2H6/c1-5-15-9-11-19-21-13-24-22(14-23(21)27-25(19)17(15)7-3)20-12-10-16(6-2)18(8-4)26(20)28-24;2*1-2/h5-14,27-28H,1-4H2;2*1-2H3. The SMILES string of the molecule is C=Cc1ccc2c([nH]c3cc4c(cc32)[nH]c2c(C=C)c(C=C)ccc24)c1C=C.CC.CC. The minimum Gasteiger partial charge on any atom is -0.354 e. The number of hydrogen-bond acceptors (Lipinski definition) is 0. The zero-order chi connectivity index (χ0) is 23.4. The number of benzene rings is 3. The molecular weight excluding hydrogens is 388 g/mol. The van der Waals surface area contributed by atoms with Crippen LogP contribution in [-0.4, -0.2) is 9.97 Å². The van der Waals surface area contributed by atoms with Crippen LogP contribution in [0.1, 0.15) is 49.9 Å². The smallest absolute Gasteiger partial charge is 0.0544 e. The second kappa shape index (κ2) is 9.57. The van der Waals surface area contributed by atoms with Crippen LogP contribution < -0.4 is 0 Å². The average molecular weight is 421 g/mol. The van der Waals surface area contributed by atoms with Gasteiger partial charge in [0.25, 0.3) is 0 Å². The fourth-order valence-electron chi connectivity index (χ4n) is 4.31. The van der Waals surface area contributed by atoms with E-state index in [2.05, 4.69) is 72.7 Å². The van der Waals surface area contributed by atoms with Gasteiger partial charge in [0.2, 0.25) is 0 Å². The first-order valence-electron chi connectivity index (χ1n) is 11.3. The fourth-order valence-corrected chi connectivity index (χ4v) is 4.31. The molecule has 2 aromatic heterocycles. The monoisotopic (exact) mass is 420 g/mol. The number of H-pyrrole nitrogens is 2. The number of nitrogens with one attached hydrogen (secondary N) is 2. The lowest BCUT2D eigenvalue weighted by atomic mass is 10.0. The molecule has 0 amide bonds. The number of hydrogen-bond donors (Lipinski definition) is 2. The Morgan fingerprint density at radius 1 is 0.531 bits per heavy atom. The third-order valence-corrected chi connectivity index (χ3v) is 5.66. The molecule has 32 heavy (non-hydrogen) atoms. The van der Waals surface area contributed by atoms with Crippen molar-refractivity contribution in [2.24, 2.45) is 0 Å². The predicted octanol–water partition coefficient (Wildman–Crippen LogP) is 9.58. The molecule has 2 heteroatoms. The third kappa shape index (κ3) is 3.38. The summed E-state index contributed by atoms with van der Waals surface area (Å²) in [6.07, 6.45) is 7.52. The Morgan fingerprint density at radius 2 is 0.906 bits per heavy atom. The average Bonchev–Trinajstić information content (AvgIpc) is 3.40. The molecule has 2 N–H and O–H groups in total. The molecule has 0 fully saturated rings. The summed E-state index contributed by atoms with van der Waals surface area (Å²) in [5.74, 6) is 0. The lowest BCUT2D eigenvalue weighted by Gasteiger charge is -2.02. The van der Waals surface area contributed by atoms with Crippen molar-refractivity contribution in [3.8, 4) is 0 Å². The highest BCUT2D eigenvalue weighted by Crippen LogP contribution is 2.37. The molecule has 5 rings (SSSR count). The summed E-state index contributed by atoms with van der Waals surface area (Å²) in [4.78, 5) is 7.20. The topological polar surface area (TPSA) is 31.6 Å². The van der Waals surface area contributed by atoms with Crippen molar-refractivity contribution < 1.29 is 0 Å². The lowest BCUT2D eigenvalue weighted by molar-refractivity contribution is 1.50. The Bertz CT molecular complexity index is 1360. The first-order valence-corrected chi connectivity index (χ1v) is 11.3. The maximum atomic E-state index is 3.99. The molecule has 0 spiro atoms. The first-order chi connectivity index (χ1) is 15.7. The van der Waals surface area contributed by atoms with Crippen LogP contribution >= 0.6 is 0 Å². The molecule has 0 radical (unpaired) electrons. The molecular formula is C30H32N2. The van der Waals surface area contributed by atoms with Gasteiger partial charge in [0, 0.05) is 43.7 Å². The number of aromatic nitrogens is 2. The predicted molar refractivity (Wildman–Crippen MR) is 148 cm³/mol. The van der Waals surface area contributed by atoms with Crippen molar-refractivity contribution in [1.82, 2.24) is 9.97 Å². The van der Waals surface area contributed by atoms with Crippen LogP contribution in [0.4, 0.5) is 0 Å². The normalized spacial score (nSPS) is 10.4. The Morgan fingerprint density at radius 3 is 1.22 bits per heavy atom. The van der Waals surface area contributed by atoms with Crippen LogP contribution in [0.25, 0.3) is 67.9 Å². The van der Waals surface area contributed by atoms with Crippen molar-refractivity contribution >= 4 is 67.9 Å². The molecule has 3 aromatic carbocycles. The zero-order valence-electron chi connectivity index (χ0n) is 19.6. The highest BCUT2D eigenvalue weighted by Gasteiger charge is 2.14. The maximum absolute atomic E-state index is 3.99. The van der Waals surface area contributed by atoms with Gasteiger partial charge in [-0.05, 0) is 23.3 Å². The van der Waals surface area contributed by atoms with Crippen LogP contribution in [0, 0.1) is 0 Å². The van der Waals surface area contributed by atoms with Gasteiger partial charge in [-0.2, -0.15) is 0 Å². The summed E-state index contributed by atoms with van der Waals surface area (Å²) in [6, 6.07) is 13.0. The minimum atomic E-state index is 1.08. The summed E-state index contributed by atoms with van der Waals surface area (Å²) in [7, 11) is 0. The van der Waals surface area contributed by atoms with E-state index < -0.39 is 0 Å². The van der Waals surface area contributed by atoms with Gasteiger partial charge < -0.3 is 9.97 Å². The van der Waals surface area contributed by atoms with Crippen LogP contribution in [0.2, 0.25) is 0 Å². The van der Waals surface area contributed by atoms with E-state index in [9.17, 15) is 0 Å². The van der Waals surface area contributed by atoms with Gasteiger partial charge in [-0.25, -0.2) is 0 Å². The Balaban J connectivity index is 0.000000686. The van der Waals surface area contributed by atoms with Crippen molar-refractivity contribution in [3.63, 3.8) is 0 Å². The van der Waals surface area contributed by atoms with Gasteiger partial charge in [-0.15, -0.1) is 0 Å². The van der Waals surface area contributed by atoms with Crippen molar-refractivity contribution in [2.75, 3.05) is 0 Å². The van der Waals surface area contributed by atoms with E-state index in [4.69, 9.17) is 0 Å². The quantitative estimate of drug-likeness (QED) is 0.290. The molecule has 5 aromatic rings. The van der Waals surface area contributed by atoms with Crippen molar-refractivity contribution in [3.05, 3.63) is 85.0 Å². The molecule has 2 heterocycles. The second-order valence-electron chi connectivity index (χ2n) is 6.99. The molecule has 162 valence electrons. The van der Waals surface area contributed by atoms with Gasteiger partial charge in [0.1, 0.15) is 0 Å². The van der Waals surface area contributed by atoms with Crippen LogP contribution in [0.15, 0.2) is 62.7 Å². The summed E-state index contributed by atoms with van der Waals surface area (Å²) in [6.45, 7) is 23.8. The second-order valence-corrected chi connectivity index (χ2v) is 6.99. The summed E-state index contributed by atoms with van der Waals surface area (Å²) in [5.41, 5.74) is 8.75. The molecule has 2 nitrogen and oxygen atoms in total. The molecule has 0 aliphatic carbocycles. The highest BCUT2D eigenvalue weighted by molar-refractivity contribution is 6.19. The van der Waals surface area contributed by atoms with E-state index in [1.54, 1.807) is 0 Å². The van der Waals surface area contributed by atoms with Crippen LogP contribution in [-0.2, 0) is 0 Å². The number of aromatic amines is 2. The van der Waals surface area contributed by atoms with E-state index in [1.165, 1.54) is 21.5 Å². The summed E-state index contributed by atoms with van der Waals surface area (Å²) < 4.78 is 0. The van der Waals surface area contributed by atoms with E-state index >= 15 is 0 Å². The van der Waals surface area contributed by atoms with E-state index in [0.29, 0.717) is 0 Å². The molecule has 0 saturated heterocycles. The van der Waals surface area contributed by atoms with Gasteiger partial charge in [0.05, 0.1) is 11.0 Å². The third-order valence-electron chi connectivity index (χ3n) is 5.66. The largest absolute Gasteiger partial charge is 0.354 e. The summed E-state index contributed by atoms with van der Waals surface area (Å²) in [5, 5.41) is 4.76. The lowest BCUT2D eigenvalue weighted by Crippen LogP contribution is -1.82. The van der Waals surface area contributed by atoms with Crippen LogP contribution in [0.5, 0.6) is 0 Å². The van der Waals surface area contributed by atoms with Gasteiger partial charge >= 0.3 is 0 Å². The number of rotatable bonds is 4. The van der Waals surface area contributed by atoms with Crippen LogP contribution in [0.3, 0.4) is 0 Å². The maximum Gasteiger partial charge on any atom is 0.0544 e. The van der Waals surface area contributed by atoms with Gasteiger partial charge in [-0.3, -0.25) is 0 Å². The Kier molecular flexibility index (Phi) is 6.85. The summed E-state index contributed by atoms with van der Waals surface area (Å²) >= 11 is 0. The van der Waals surface area contributed by atoms with E-state index in [0.717, 1.165) is 44.3 Å². The molecule has 0 saturated carbocycles. The first kappa shape index (κ1) is 22.9. The van der Waals surface area contributed by atoms with Crippen molar-refractivity contribution in [1.29, 1.82) is 0 Å².